The maximum atomic E-state index is 3.14. The van der Waals surface area contributed by atoms with Crippen LogP contribution in [-0.4, -0.2) is 19.9 Å². The van der Waals surface area contributed by atoms with Crippen molar-refractivity contribution >= 4 is 0 Å². The van der Waals surface area contributed by atoms with E-state index in [-0.39, 0.29) is 16.8 Å². The van der Waals surface area contributed by atoms with E-state index in [4.69, 9.17) is 0 Å². The summed E-state index contributed by atoms with van der Waals surface area (Å²) in [5, 5.41) is 0. The van der Waals surface area contributed by atoms with Crippen LogP contribution < -0.4 is 0 Å². The first-order chi connectivity index (χ1) is 5.45. The summed E-state index contributed by atoms with van der Waals surface area (Å²) in [6.45, 7) is 0. The van der Waals surface area contributed by atoms with Gasteiger partial charge in [-0.25, -0.2) is 0 Å². The zero-order valence-corrected chi connectivity index (χ0v) is 8.04. The number of hydrogen-bond donors (Lipinski definition) is 4. The monoisotopic (exact) mass is 329 g/mol. The zero-order valence-electron chi connectivity index (χ0n) is 5.64. The first kappa shape index (κ1) is 6.76. The van der Waals surface area contributed by atoms with Crippen LogP contribution in [0.2, 0.25) is 0 Å². The van der Waals surface area contributed by atoms with Crippen molar-refractivity contribution in [2.45, 2.75) is 0 Å². The minimum absolute atomic E-state index is 0.250. The Morgan fingerprint density at radius 2 is 1.09 bits per heavy atom. The van der Waals surface area contributed by atoms with E-state index in [9.17, 15) is 0 Å². The van der Waals surface area contributed by atoms with Crippen LogP contribution in [0.15, 0.2) is 24.8 Å². The number of aromatic amines is 4. The van der Waals surface area contributed by atoms with E-state index in [1.807, 2.05) is 24.8 Å². The van der Waals surface area contributed by atoms with Gasteiger partial charge in [-0.05, 0) is 0 Å². The van der Waals surface area contributed by atoms with Gasteiger partial charge in [0, 0.05) is 0 Å². The van der Waals surface area contributed by atoms with Gasteiger partial charge in [-0.1, -0.05) is 0 Å². The molecular formula is C6H8IrN4. The van der Waals surface area contributed by atoms with Gasteiger partial charge in [-0.2, -0.15) is 0 Å². The molecule has 0 bridgehead atoms. The molecule has 0 radical (unpaired) electrons. The van der Waals surface area contributed by atoms with Crippen molar-refractivity contribution in [3.05, 3.63) is 32.6 Å². The molecule has 0 saturated heterocycles. The van der Waals surface area contributed by atoms with Gasteiger partial charge in [0.05, 0.1) is 0 Å². The van der Waals surface area contributed by atoms with Crippen LogP contribution in [0.4, 0.5) is 0 Å². The first-order valence-corrected chi connectivity index (χ1v) is 5.55. The topological polar surface area (TPSA) is 63.2 Å². The molecule has 0 unspecified atom stereocenters. The number of H-pyrrole nitrogens is 4. The Morgan fingerprint density at radius 3 is 1.45 bits per heavy atom. The molecule has 4 N–H and O–H groups in total. The van der Waals surface area contributed by atoms with Gasteiger partial charge in [0.15, 0.2) is 0 Å². The third-order valence-corrected chi connectivity index (χ3v) is 3.73. The van der Waals surface area contributed by atoms with Crippen LogP contribution >= 0.6 is 0 Å². The van der Waals surface area contributed by atoms with Crippen LogP contribution in [0, 0.1) is 7.86 Å². The van der Waals surface area contributed by atoms with Crippen LogP contribution in [-0.2, 0) is 16.8 Å². The zero-order chi connectivity index (χ0) is 7.52. The fourth-order valence-corrected chi connectivity index (χ4v) is 2.80. The van der Waals surface area contributed by atoms with Gasteiger partial charge in [-0.15, -0.1) is 0 Å². The number of aromatic nitrogens is 4. The molecule has 2 aromatic heterocycles. The number of imidazole rings is 2. The third kappa shape index (κ3) is 1.56. The third-order valence-electron chi connectivity index (χ3n) is 1.15. The summed E-state index contributed by atoms with van der Waals surface area (Å²) < 4.78 is 2.42. The average Bonchev–Trinajstić information content (AvgIpc) is 2.60. The Kier molecular flexibility index (Phi) is 1.83. The van der Waals surface area contributed by atoms with E-state index in [1.54, 1.807) is 0 Å². The van der Waals surface area contributed by atoms with Crippen molar-refractivity contribution in [3.8, 4) is 0 Å². The molecule has 0 aliphatic rings. The summed E-state index contributed by atoms with van der Waals surface area (Å²) in [5.41, 5.74) is 0. The van der Waals surface area contributed by atoms with E-state index in [1.165, 1.54) is 7.86 Å². The van der Waals surface area contributed by atoms with Gasteiger partial charge in [-0.3, -0.25) is 0 Å². The maximum absolute atomic E-state index is 3.14. The van der Waals surface area contributed by atoms with Crippen molar-refractivity contribution in [2.75, 3.05) is 0 Å². The standard InChI is InChI=1S/2C3H4N2.Ir/c2*1-2-5-3-4-1;/h2*1-2,4-5H;. The summed E-state index contributed by atoms with van der Waals surface area (Å²) in [4.78, 5) is 12.5. The molecule has 0 saturated carbocycles. The van der Waals surface area contributed by atoms with Gasteiger partial charge in [0.2, 0.25) is 0 Å². The van der Waals surface area contributed by atoms with Crippen LogP contribution in [0.1, 0.15) is 0 Å². The van der Waals surface area contributed by atoms with E-state index >= 15 is 0 Å². The molecular weight excluding hydrogens is 320 g/mol. The second-order valence-electron chi connectivity index (χ2n) is 1.91. The molecule has 11 heavy (non-hydrogen) atoms. The van der Waals surface area contributed by atoms with Crippen molar-refractivity contribution < 1.29 is 16.8 Å². The minimum atomic E-state index is -0.250. The van der Waals surface area contributed by atoms with Crippen molar-refractivity contribution in [3.63, 3.8) is 0 Å². The second kappa shape index (κ2) is 2.98. The fraction of sp³-hybridized carbons (Fsp3) is 0. The summed E-state index contributed by atoms with van der Waals surface area (Å²) in [5.74, 6) is 0. The molecule has 0 aromatic carbocycles. The fourth-order valence-electron chi connectivity index (χ4n) is 0.707. The Morgan fingerprint density at radius 1 is 0.727 bits per heavy atom. The predicted molar refractivity (Wildman–Crippen MR) is 36.8 cm³/mol. The molecule has 2 rings (SSSR count). The SMILES string of the molecule is c1c[nH][c](=[Ir]=[c]2[nH]cc[nH]2)[nH]1. The van der Waals surface area contributed by atoms with Crippen molar-refractivity contribution in [1.29, 1.82) is 0 Å². The number of nitrogens with one attached hydrogen (secondary N) is 4. The Labute approximate surface area is 69.7 Å². The summed E-state index contributed by atoms with van der Waals surface area (Å²) >= 11 is -0.250. The Hall–Kier alpha value is -0.931. The molecule has 0 atom stereocenters. The molecule has 0 aliphatic carbocycles. The van der Waals surface area contributed by atoms with Crippen LogP contribution in [0.3, 0.4) is 0 Å². The van der Waals surface area contributed by atoms with Gasteiger partial charge < -0.3 is 0 Å². The van der Waals surface area contributed by atoms with E-state index in [0.717, 1.165) is 0 Å². The summed E-state index contributed by atoms with van der Waals surface area (Å²) in [6, 6.07) is 0. The van der Waals surface area contributed by atoms with E-state index < -0.39 is 0 Å². The second-order valence-corrected chi connectivity index (χ2v) is 4.90. The van der Waals surface area contributed by atoms with Crippen molar-refractivity contribution in [1.82, 2.24) is 19.9 Å². The summed E-state index contributed by atoms with van der Waals surface area (Å²) in [6.07, 6.45) is 7.62. The number of rotatable bonds is 0. The van der Waals surface area contributed by atoms with E-state index in [2.05, 4.69) is 19.9 Å². The molecule has 2 heterocycles. The van der Waals surface area contributed by atoms with Gasteiger partial charge >= 0.3 is 69.4 Å². The molecule has 0 fully saturated rings. The quantitative estimate of drug-likeness (QED) is 0.554. The summed E-state index contributed by atoms with van der Waals surface area (Å²) in [7, 11) is 0. The van der Waals surface area contributed by atoms with Crippen LogP contribution in [0.5, 0.6) is 0 Å². The molecule has 61 valence electrons. The number of hydrogen-bond acceptors (Lipinski definition) is 0. The van der Waals surface area contributed by atoms with E-state index in [0.29, 0.717) is 0 Å². The molecule has 5 heteroatoms. The average molecular weight is 328 g/mol. The molecule has 0 amide bonds. The molecule has 2 aromatic rings. The Balaban J connectivity index is 2.84. The van der Waals surface area contributed by atoms with Gasteiger partial charge in [0.1, 0.15) is 0 Å². The molecule has 4 nitrogen and oxygen atoms in total. The van der Waals surface area contributed by atoms with Crippen LogP contribution in [0.25, 0.3) is 0 Å². The first-order valence-electron chi connectivity index (χ1n) is 3.15. The molecule has 0 spiro atoms. The van der Waals surface area contributed by atoms with Gasteiger partial charge in [0.25, 0.3) is 0 Å². The Bertz CT molecular complexity index is 377. The molecule has 0 aliphatic heterocycles. The van der Waals surface area contributed by atoms with Crippen molar-refractivity contribution in [2.24, 2.45) is 0 Å². The normalized spacial score (nSPS) is 10.2. The predicted octanol–water partition coefficient (Wildman–Crippen LogP) is 0.846.